The van der Waals surface area contributed by atoms with E-state index in [1.54, 1.807) is 5.56 Å². The molecule has 0 saturated heterocycles. The Morgan fingerprint density at radius 3 is 3.00 bits per heavy atom. The Kier molecular flexibility index (Phi) is 3.37. The predicted molar refractivity (Wildman–Crippen MR) is 67.7 cm³/mol. The SMILES string of the molecule is CNC(C)CC1Cc2c(C)cccc2S1. The lowest BCUT2D eigenvalue weighted by Crippen LogP contribution is -2.25. The molecule has 0 aromatic heterocycles. The van der Waals surface area contributed by atoms with Crippen molar-refractivity contribution in [3.63, 3.8) is 0 Å². The van der Waals surface area contributed by atoms with Gasteiger partial charge in [0.2, 0.25) is 0 Å². The second-order valence-corrected chi connectivity index (χ2v) is 5.76. The van der Waals surface area contributed by atoms with E-state index in [2.05, 4.69) is 49.1 Å². The van der Waals surface area contributed by atoms with Crippen LogP contribution in [0.3, 0.4) is 0 Å². The maximum Gasteiger partial charge on any atom is 0.0150 e. The molecule has 2 atom stereocenters. The lowest BCUT2D eigenvalue weighted by molar-refractivity contribution is 0.553. The van der Waals surface area contributed by atoms with E-state index in [1.165, 1.54) is 23.3 Å². The topological polar surface area (TPSA) is 12.0 Å². The zero-order chi connectivity index (χ0) is 10.8. The summed E-state index contributed by atoms with van der Waals surface area (Å²) in [4.78, 5) is 1.50. The molecule has 15 heavy (non-hydrogen) atoms. The van der Waals surface area contributed by atoms with E-state index < -0.39 is 0 Å². The number of aryl methyl sites for hydroxylation is 1. The van der Waals surface area contributed by atoms with Crippen molar-refractivity contribution in [3.8, 4) is 0 Å². The van der Waals surface area contributed by atoms with Crippen LogP contribution < -0.4 is 5.32 Å². The summed E-state index contributed by atoms with van der Waals surface area (Å²) in [5, 5.41) is 4.09. The van der Waals surface area contributed by atoms with Crippen LogP contribution in [0.1, 0.15) is 24.5 Å². The van der Waals surface area contributed by atoms with E-state index in [0.29, 0.717) is 6.04 Å². The molecule has 1 aliphatic rings. The van der Waals surface area contributed by atoms with Gasteiger partial charge >= 0.3 is 0 Å². The van der Waals surface area contributed by atoms with Crippen LogP contribution in [0.5, 0.6) is 0 Å². The largest absolute Gasteiger partial charge is 0.317 e. The van der Waals surface area contributed by atoms with Gasteiger partial charge in [0.1, 0.15) is 0 Å². The van der Waals surface area contributed by atoms with Crippen molar-refractivity contribution >= 4 is 11.8 Å². The summed E-state index contributed by atoms with van der Waals surface area (Å²) < 4.78 is 0. The van der Waals surface area contributed by atoms with Gasteiger partial charge in [-0.1, -0.05) is 12.1 Å². The van der Waals surface area contributed by atoms with Gasteiger partial charge in [0.25, 0.3) is 0 Å². The molecule has 0 amide bonds. The van der Waals surface area contributed by atoms with Crippen LogP contribution in [0, 0.1) is 6.92 Å². The van der Waals surface area contributed by atoms with Crippen LogP contribution in [0.25, 0.3) is 0 Å². The van der Waals surface area contributed by atoms with E-state index in [1.807, 2.05) is 7.05 Å². The Morgan fingerprint density at radius 1 is 1.53 bits per heavy atom. The average molecular weight is 221 g/mol. The fourth-order valence-electron chi connectivity index (χ4n) is 2.14. The van der Waals surface area contributed by atoms with Crippen LogP contribution in [-0.2, 0) is 6.42 Å². The molecular weight excluding hydrogens is 202 g/mol. The zero-order valence-corrected chi connectivity index (χ0v) is 10.5. The first-order valence-corrected chi connectivity index (χ1v) is 6.51. The number of hydrogen-bond acceptors (Lipinski definition) is 2. The van der Waals surface area contributed by atoms with Gasteiger partial charge in [-0.15, -0.1) is 11.8 Å². The highest BCUT2D eigenvalue weighted by Gasteiger charge is 2.24. The van der Waals surface area contributed by atoms with Crippen LogP contribution in [0.15, 0.2) is 23.1 Å². The summed E-state index contributed by atoms with van der Waals surface area (Å²) in [6.45, 7) is 4.49. The molecule has 0 saturated carbocycles. The van der Waals surface area contributed by atoms with E-state index in [4.69, 9.17) is 0 Å². The number of nitrogens with one attached hydrogen (secondary N) is 1. The lowest BCUT2D eigenvalue weighted by Gasteiger charge is -2.14. The maximum absolute atomic E-state index is 3.32. The van der Waals surface area contributed by atoms with Crippen molar-refractivity contribution in [2.24, 2.45) is 0 Å². The summed E-state index contributed by atoms with van der Waals surface area (Å²) >= 11 is 2.05. The van der Waals surface area contributed by atoms with Crippen molar-refractivity contribution in [2.45, 2.75) is 42.9 Å². The quantitative estimate of drug-likeness (QED) is 0.842. The fraction of sp³-hybridized carbons (Fsp3) is 0.538. The summed E-state index contributed by atoms with van der Waals surface area (Å²) in [7, 11) is 2.04. The van der Waals surface area contributed by atoms with Gasteiger partial charge in [-0.3, -0.25) is 0 Å². The van der Waals surface area contributed by atoms with E-state index in [-0.39, 0.29) is 0 Å². The van der Waals surface area contributed by atoms with E-state index in [0.717, 1.165) is 5.25 Å². The molecule has 2 heteroatoms. The van der Waals surface area contributed by atoms with Gasteiger partial charge in [0.15, 0.2) is 0 Å². The third kappa shape index (κ3) is 2.37. The zero-order valence-electron chi connectivity index (χ0n) is 9.71. The van der Waals surface area contributed by atoms with Crippen molar-refractivity contribution < 1.29 is 0 Å². The van der Waals surface area contributed by atoms with Crippen LogP contribution in [0.4, 0.5) is 0 Å². The molecule has 0 fully saturated rings. The monoisotopic (exact) mass is 221 g/mol. The highest BCUT2D eigenvalue weighted by Crippen LogP contribution is 2.40. The van der Waals surface area contributed by atoms with Gasteiger partial charge in [-0.2, -0.15) is 0 Å². The minimum absolute atomic E-state index is 0.622. The number of benzene rings is 1. The van der Waals surface area contributed by atoms with Gasteiger partial charge < -0.3 is 5.32 Å². The van der Waals surface area contributed by atoms with Gasteiger partial charge in [0.05, 0.1) is 0 Å². The highest BCUT2D eigenvalue weighted by molar-refractivity contribution is 8.00. The Morgan fingerprint density at radius 2 is 2.33 bits per heavy atom. The van der Waals surface area contributed by atoms with Crippen molar-refractivity contribution in [2.75, 3.05) is 7.05 Å². The molecule has 1 aromatic rings. The molecular formula is C13H19NS. The normalized spacial score (nSPS) is 21.4. The Balaban J connectivity index is 2.06. The second kappa shape index (κ2) is 4.58. The smallest absolute Gasteiger partial charge is 0.0150 e. The molecule has 1 aromatic carbocycles. The fourth-order valence-corrected chi connectivity index (χ4v) is 3.68. The number of hydrogen-bond donors (Lipinski definition) is 1. The number of thioether (sulfide) groups is 1. The minimum Gasteiger partial charge on any atom is -0.317 e. The van der Waals surface area contributed by atoms with Crippen LogP contribution >= 0.6 is 11.8 Å². The standard InChI is InChI=1S/C13H19NS/c1-9-5-4-6-13-12(9)8-11(15-13)7-10(2)14-3/h4-6,10-11,14H,7-8H2,1-3H3. The van der Waals surface area contributed by atoms with E-state index >= 15 is 0 Å². The molecule has 0 bridgehead atoms. The number of fused-ring (bicyclic) bond motifs is 1. The Labute approximate surface area is 96.7 Å². The molecule has 0 spiro atoms. The minimum atomic E-state index is 0.622. The maximum atomic E-state index is 3.32. The molecule has 1 aliphatic heterocycles. The highest BCUT2D eigenvalue weighted by atomic mass is 32.2. The summed E-state index contributed by atoms with van der Waals surface area (Å²) in [6.07, 6.45) is 2.51. The molecule has 1 nitrogen and oxygen atoms in total. The van der Waals surface area contributed by atoms with Crippen LogP contribution in [-0.4, -0.2) is 18.3 Å². The third-order valence-electron chi connectivity index (χ3n) is 3.20. The number of rotatable bonds is 3. The van der Waals surface area contributed by atoms with Crippen molar-refractivity contribution in [1.29, 1.82) is 0 Å². The van der Waals surface area contributed by atoms with Gasteiger partial charge in [-0.25, -0.2) is 0 Å². The molecule has 0 aliphatic carbocycles. The third-order valence-corrected chi connectivity index (χ3v) is 4.53. The summed E-state index contributed by atoms with van der Waals surface area (Å²) in [5.41, 5.74) is 3.04. The lowest BCUT2D eigenvalue weighted by atomic mass is 10.0. The average Bonchev–Trinajstić information content (AvgIpc) is 2.62. The molecule has 2 rings (SSSR count). The Hall–Kier alpha value is -0.470. The summed E-state index contributed by atoms with van der Waals surface area (Å²) in [5.74, 6) is 0. The van der Waals surface area contributed by atoms with Crippen molar-refractivity contribution in [3.05, 3.63) is 29.3 Å². The first kappa shape index (κ1) is 11.0. The van der Waals surface area contributed by atoms with Crippen LogP contribution in [0.2, 0.25) is 0 Å². The van der Waals surface area contributed by atoms with Gasteiger partial charge in [-0.05, 0) is 50.9 Å². The molecule has 1 N–H and O–H groups in total. The molecule has 1 heterocycles. The van der Waals surface area contributed by atoms with Gasteiger partial charge in [0, 0.05) is 16.2 Å². The first-order valence-electron chi connectivity index (χ1n) is 5.63. The second-order valence-electron chi connectivity index (χ2n) is 4.42. The Bertz CT molecular complexity index is 348. The predicted octanol–water partition coefficient (Wildman–Crippen LogP) is 3.01. The summed E-state index contributed by atoms with van der Waals surface area (Å²) in [6, 6.07) is 7.28. The first-order chi connectivity index (χ1) is 7.20. The molecule has 0 radical (unpaired) electrons. The van der Waals surface area contributed by atoms with Crippen molar-refractivity contribution in [1.82, 2.24) is 5.32 Å². The van der Waals surface area contributed by atoms with E-state index in [9.17, 15) is 0 Å². The molecule has 82 valence electrons. The molecule has 2 unspecified atom stereocenters.